The number of para-hydroxylation sites is 1. The lowest BCUT2D eigenvalue weighted by Crippen LogP contribution is -2.20. The first-order chi connectivity index (χ1) is 8.58. The van der Waals surface area contributed by atoms with Gasteiger partial charge in [-0.05, 0) is 12.1 Å². The monoisotopic (exact) mass is 251 g/mol. The largest absolute Gasteiger partial charge is 0.458 e. The number of nitro groups is 1. The molecule has 7 heteroatoms. The fourth-order valence-corrected chi connectivity index (χ4v) is 1.14. The first-order valence-corrected chi connectivity index (χ1v) is 5.23. The summed E-state index contributed by atoms with van der Waals surface area (Å²) >= 11 is 0. The number of nitrogens with two attached hydrogens (primary N) is 1. The topological polar surface area (TPSA) is 108 Å². The highest BCUT2D eigenvalue weighted by Crippen LogP contribution is 2.09. The van der Waals surface area contributed by atoms with Crippen LogP contribution in [0.4, 0.5) is 5.69 Å². The van der Waals surface area contributed by atoms with Crippen LogP contribution >= 0.6 is 0 Å². The molecule has 0 spiro atoms. The molecule has 1 aromatic carbocycles. The third-order valence-corrected chi connectivity index (χ3v) is 1.89. The number of hydrogen-bond acceptors (Lipinski definition) is 5. The van der Waals surface area contributed by atoms with Crippen LogP contribution in [-0.2, 0) is 9.53 Å². The molecule has 0 aliphatic heterocycles. The van der Waals surface area contributed by atoms with Gasteiger partial charge in [-0.1, -0.05) is 18.2 Å². The van der Waals surface area contributed by atoms with E-state index in [2.05, 4.69) is 9.73 Å². The van der Waals surface area contributed by atoms with Crippen molar-refractivity contribution in [1.29, 1.82) is 0 Å². The minimum atomic E-state index is -0.631. The molecular formula is C11H13N3O4. The predicted octanol–water partition coefficient (Wildman–Crippen LogP) is 0.885. The summed E-state index contributed by atoms with van der Waals surface area (Å²) in [5, 5.41) is 10.0. The smallest absolute Gasteiger partial charge is 0.313 e. The van der Waals surface area contributed by atoms with Gasteiger partial charge in [0.25, 0.3) is 0 Å². The van der Waals surface area contributed by atoms with Crippen LogP contribution in [0.1, 0.15) is 6.42 Å². The molecule has 0 atom stereocenters. The van der Waals surface area contributed by atoms with E-state index in [-0.39, 0.29) is 18.9 Å². The lowest BCUT2D eigenvalue weighted by molar-refractivity contribution is -0.482. The standard InChI is InChI=1S/C11H13N3O4/c12-10(13-9-4-2-1-3-5-9)8-11(15)18-7-6-14(16)17/h1-5H,6-8H2,(H2,12,13). The van der Waals surface area contributed by atoms with Crippen molar-refractivity contribution in [1.82, 2.24) is 0 Å². The van der Waals surface area contributed by atoms with Gasteiger partial charge in [-0.2, -0.15) is 0 Å². The van der Waals surface area contributed by atoms with Crippen LogP contribution in [0.15, 0.2) is 35.3 Å². The average molecular weight is 251 g/mol. The Morgan fingerprint density at radius 3 is 2.67 bits per heavy atom. The van der Waals surface area contributed by atoms with Gasteiger partial charge in [0.05, 0.1) is 5.69 Å². The number of carbonyl (C=O) groups is 1. The molecule has 0 unspecified atom stereocenters. The van der Waals surface area contributed by atoms with Gasteiger partial charge in [-0.15, -0.1) is 0 Å². The Kier molecular flexibility index (Phi) is 5.30. The van der Waals surface area contributed by atoms with Crippen molar-refractivity contribution in [2.45, 2.75) is 6.42 Å². The Morgan fingerprint density at radius 2 is 2.06 bits per heavy atom. The first-order valence-electron chi connectivity index (χ1n) is 5.23. The van der Waals surface area contributed by atoms with Crippen molar-refractivity contribution in [2.24, 2.45) is 10.7 Å². The zero-order valence-corrected chi connectivity index (χ0v) is 9.61. The van der Waals surface area contributed by atoms with Gasteiger partial charge < -0.3 is 10.5 Å². The zero-order chi connectivity index (χ0) is 13.4. The molecule has 0 amide bonds. The van der Waals surface area contributed by atoms with Crippen LogP contribution in [0.2, 0.25) is 0 Å². The quantitative estimate of drug-likeness (QED) is 0.265. The average Bonchev–Trinajstić information content (AvgIpc) is 2.29. The summed E-state index contributed by atoms with van der Waals surface area (Å²) in [6, 6.07) is 8.90. The van der Waals surface area contributed by atoms with E-state index in [1.807, 2.05) is 6.07 Å². The van der Waals surface area contributed by atoms with Crippen molar-refractivity contribution >= 4 is 17.5 Å². The lowest BCUT2D eigenvalue weighted by atomic mass is 10.3. The summed E-state index contributed by atoms with van der Waals surface area (Å²) in [6.45, 7) is -0.675. The van der Waals surface area contributed by atoms with Crippen LogP contribution in [-0.4, -0.2) is 29.9 Å². The number of ether oxygens (including phenoxy) is 1. The summed E-state index contributed by atoms with van der Waals surface area (Å²) in [5.41, 5.74) is 6.19. The van der Waals surface area contributed by atoms with Crippen molar-refractivity contribution in [3.05, 3.63) is 40.4 Å². The van der Waals surface area contributed by atoms with Crippen molar-refractivity contribution in [3.63, 3.8) is 0 Å². The summed E-state index contributed by atoms with van der Waals surface area (Å²) < 4.78 is 4.62. The maximum Gasteiger partial charge on any atom is 0.313 e. The third kappa shape index (κ3) is 5.59. The molecule has 0 radical (unpaired) electrons. The van der Waals surface area contributed by atoms with Gasteiger partial charge in [-0.25, -0.2) is 4.99 Å². The van der Waals surface area contributed by atoms with Crippen LogP contribution < -0.4 is 5.73 Å². The van der Waals surface area contributed by atoms with Crippen molar-refractivity contribution < 1.29 is 14.5 Å². The molecule has 18 heavy (non-hydrogen) atoms. The van der Waals surface area contributed by atoms with Gasteiger partial charge >= 0.3 is 5.97 Å². The van der Waals surface area contributed by atoms with Gasteiger partial charge in [0.1, 0.15) is 12.3 Å². The zero-order valence-electron chi connectivity index (χ0n) is 9.61. The fourth-order valence-electron chi connectivity index (χ4n) is 1.14. The predicted molar refractivity (Wildman–Crippen MR) is 65.2 cm³/mol. The lowest BCUT2D eigenvalue weighted by Gasteiger charge is -2.02. The van der Waals surface area contributed by atoms with Crippen LogP contribution in [0, 0.1) is 10.1 Å². The van der Waals surface area contributed by atoms with Crippen LogP contribution in [0.5, 0.6) is 0 Å². The number of hydrogen-bond donors (Lipinski definition) is 1. The molecule has 0 saturated carbocycles. The molecule has 2 N–H and O–H groups in total. The normalized spacial score (nSPS) is 11.0. The number of carbonyl (C=O) groups excluding carboxylic acids is 1. The van der Waals surface area contributed by atoms with E-state index in [9.17, 15) is 14.9 Å². The van der Waals surface area contributed by atoms with Crippen molar-refractivity contribution in [2.75, 3.05) is 13.2 Å². The van der Waals surface area contributed by atoms with Crippen LogP contribution in [0.25, 0.3) is 0 Å². The summed E-state index contributed by atoms with van der Waals surface area (Å²) in [4.78, 5) is 24.7. The highest BCUT2D eigenvalue weighted by atomic mass is 16.6. The molecule has 1 aromatic rings. The maximum atomic E-state index is 11.2. The van der Waals surface area contributed by atoms with Gasteiger partial charge in [0, 0.05) is 4.92 Å². The minimum absolute atomic E-state index is 0.104. The second kappa shape index (κ2) is 7.00. The van der Waals surface area contributed by atoms with E-state index in [1.54, 1.807) is 24.3 Å². The molecule has 0 aliphatic rings. The number of aliphatic imine (C=N–C) groups is 1. The number of rotatable bonds is 6. The number of nitrogens with zero attached hydrogens (tertiary/aromatic N) is 2. The van der Waals surface area contributed by atoms with Crippen molar-refractivity contribution in [3.8, 4) is 0 Å². The second-order valence-electron chi connectivity index (χ2n) is 3.39. The SMILES string of the molecule is NC(CC(=O)OCC[N+](=O)[O-])=Nc1ccccc1. The fraction of sp³-hybridized carbons (Fsp3) is 0.273. The van der Waals surface area contributed by atoms with E-state index >= 15 is 0 Å². The molecule has 1 rings (SSSR count). The summed E-state index contributed by atoms with van der Waals surface area (Å²) in [6.07, 6.45) is -0.188. The Balaban J connectivity index is 2.40. The molecular weight excluding hydrogens is 238 g/mol. The molecule has 0 heterocycles. The van der Waals surface area contributed by atoms with E-state index in [0.29, 0.717) is 5.69 Å². The Morgan fingerprint density at radius 1 is 1.39 bits per heavy atom. The number of amidine groups is 1. The molecule has 0 aliphatic carbocycles. The Bertz CT molecular complexity index is 445. The maximum absolute atomic E-state index is 11.2. The van der Waals surface area contributed by atoms with E-state index < -0.39 is 17.4 Å². The van der Waals surface area contributed by atoms with E-state index in [1.165, 1.54) is 0 Å². The molecule has 96 valence electrons. The number of esters is 1. The van der Waals surface area contributed by atoms with Gasteiger partial charge in [0.2, 0.25) is 6.54 Å². The summed E-state index contributed by atoms with van der Waals surface area (Å²) in [7, 11) is 0. The molecule has 0 saturated heterocycles. The van der Waals surface area contributed by atoms with Crippen LogP contribution in [0.3, 0.4) is 0 Å². The first kappa shape index (κ1) is 13.6. The summed E-state index contributed by atoms with van der Waals surface area (Å²) in [5.74, 6) is -0.527. The molecule has 0 bridgehead atoms. The Labute approximate surface area is 103 Å². The van der Waals surface area contributed by atoms with E-state index in [0.717, 1.165) is 0 Å². The van der Waals surface area contributed by atoms with Gasteiger partial charge in [-0.3, -0.25) is 14.9 Å². The molecule has 0 fully saturated rings. The second-order valence-corrected chi connectivity index (χ2v) is 3.39. The molecule has 0 aromatic heterocycles. The number of benzene rings is 1. The highest BCUT2D eigenvalue weighted by molar-refractivity contribution is 5.97. The third-order valence-electron chi connectivity index (χ3n) is 1.89. The Hall–Kier alpha value is -2.44. The van der Waals surface area contributed by atoms with E-state index in [4.69, 9.17) is 5.73 Å². The van der Waals surface area contributed by atoms with Gasteiger partial charge in [0.15, 0.2) is 6.61 Å². The minimum Gasteiger partial charge on any atom is -0.458 e. The highest BCUT2D eigenvalue weighted by Gasteiger charge is 2.07. The molecule has 7 nitrogen and oxygen atoms in total.